The lowest BCUT2D eigenvalue weighted by Gasteiger charge is -2.31. The fraction of sp³-hybridized carbons (Fsp3) is 0.257. The Morgan fingerprint density at radius 2 is 1.47 bits per heavy atom. The Hall–Kier alpha value is -4.51. The van der Waals surface area contributed by atoms with Crippen molar-refractivity contribution in [3.8, 4) is 5.75 Å². The molecule has 0 radical (unpaired) electrons. The van der Waals surface area contributed by atoms with Crippen LogP contribution < -0.4 is 10.1 Å². The Labute approximate surface area is 264 Å². The number of ether oxygens (including phenoxy) is 2. The minimum atomic E-state index is -3.66. The number of carbonyl (C=O) groups excluding carboxylic acids is 2. The monoisotopic (exact) mass is 627 g/mol. The number of sulfonamides is 1. The first kappa shape index (κ1) is 31.9. The Kier molecular flexibility index (Phi) is 10.6. The van der Waals surface area contributed by atoms with Crippen LogP contribution in [0.5, 0.6) is 5.75 Å². The van der Waals surface area contributed by atoms with Crippen LogP contribution in [0.2, 0.25) is 0 Å². The normalized spacial score (nSPS) is 14.3. The van der Waals surface area contributed by atoms with Crippen LogP contribution in [0.4, 0.5) is 0 Å². The van der Waals surface area contributed by atoms with Gasteiger partial charge in [0.25, 0.3) is 5.91 Å². The van der Waals surface area contributed by atoms with E-state index in [0.29, 0.717) is 44.2 Å². The van der Waals surface area contributed by atoms with Crippen LogP contribution in [0.15, 0.2) is 114 Å². The molecule has 1 N–H and O–H groups in total. The van der Waals surface area contributed by atoms with Crippen molar-refractivity contribution in [2.24, 2.45) is 0 Å². The van der Waals surface area contributed by atoms with Crippen LogP contribution in [0, 0.1) is 6.92 Å². The summed E-state index contributed by atoms with van der Waals surface area (Å²) in [5.74, 6) is -0.379. The van der Waals surface area contributed by atoms with Crippen LogP contribution in [0.25, 0.3) is 0 Å². The molecule has 234 valence electrons. The largest absolute Gasteiger partial charge is 0.484 e. The summed E-state index contributed by atoms with van der Waals surface area (Å²) < 4.78 is 38.5. The molecule has 0 aliphatic carbocycles. The molecule has 45 heavy (non-hydrogen) atoms. The van der Waals surface area contributed by atoms with E-state index in [1.54, 1.807) is 0 Å². The van der Waals surface area contributed by atoms with Crippen molar-refractivity contribution >= 4 is 21.8 Å². The van der Waals surface area contributed by atoms with E-state index in [1.165, 1.54) is 33.5 Å². The summed E-state index contributed by atoms with van der Waals surface area (Å²) in [5, 5.41) is 3.02. The number of hydrogen-bond acceptors (Lipinski definition) is 6. The Morgan fingerprint density at radius 3 is 2.11 bits per heavy atom. The van der Waals surface area contributed by atoms with Gasteiger partial charge in [0.05, 0.1) is 18.1 Å². The maximum atomic E-state index is 13.9. The third kappa shape index (κ3) is 8.36. The van der Waals surface area contributed by atoms with E-state index in [-0.39, 0.29) is 24.0 Å². The number of benzene rings is 4. The molecule has 4 aromatic rings. The van der Waals surface area contributed by atoms with Crippen molar-refractivity contribution in [1.82, 2.24) is 14.5 Å². The first-order valence-electron chi connectivity index (χ1n) is 14.8. The average molecular weight is 628 g/mol. The average Bonchev–Trinajstić information content (AvgIpc) is 3.08. The van der Waals surface area contributed by atoms with E-state index >= 15 is 0 Å². The lowest BCUT2D eigenvalue weighted by Crippen LogP contribution is -2.45. The summed E-state index contributed by atoms with van der Waals surface area (Å²) in [6, 6.07) is 31.7. The van der Waals surface area contributed by atoms with Gasteiger partial charge in [0.2, 0.25) is 15.9 Å². The van der Waals surface area contributed by atoms with Crippen molar-refractivity contribution in [2.75, 3.05) is 32.9 Å². The Balaban J connectivity index is 1.35. The first-order chi connectivity index (χ1) is 21.8. The number of rotatable bonds is 12. The van der Waals surface area contributed by atoms with E-state index in [4.69, 9.17) is 9.47 Å². The minimum Gasteiger partial charge on any atom is -0.484 e. The van der Waals surface area contributed by atoms with Crippen LogP contribution in [0.1, 0.15) is 28.3 Å². The van der Waals surface area contributed by atoms with E-state index in [1.807, 2.05) is 91.9 Å². The first-order valence-corrected chi connectivity index (χ1v) is 16.3. The molecule has 0 saturated carbocycles. The second kappa shape index (κ2) is 15.0. The molecule has 9 nitrogen and oxygen atoms in total. The van der Waals surface area contributed by atoms with Gasteiger partial charge in [-0.1, -0.05) is 90.5 Å². The van der Waals surface area contributed by atoms with Gasteiger partial charge in [0.1, 0.15) is 11.8 Å². The number of nitrogens with one attached hydrogen (secondary N) is 1. The topological polar surface area (TPSA) is 105 Å². The fourth-order valence-electron chi connectivity index (χ4n) is 5.08. The molecule has 1 atom stereocenters. The highest BCUT2D eigenvalue weighted by Gasteiger charge is 2.32. The quantitative estimate of drug-likeness (QED) is 0.248. The number of amides is 2. The molecule has 1 fully saturated rings. The molecule has 0 spiro atoms. The van der Waals surface area contributed by atoms with Crippen LogP contribution >= 0.6 is 0 Å². The predicted octanol–water partition coefficient (Wildman–Crippen LogP) is 4.48. The number of hydrogen-bond donors (Lipinski definition) is 1. The molecule has 0 aromatic heterocycles. The molecule has 0 unspecified atom stereocenters. The maximum absolute atomic E-state index is 13.9. The molecule has 2 amide bonds. The van der Waals surface area contributed by atoms with Crippen LogP contribution in [0.3, 0.4) is 0 Å². The Morgan fingerprint density at radius 1 is 0.844 bits per heavy atom. The Bertz CT molecular complexity index is 1660. The summed E-state index contributed by atoms with van der Waals surface area (Å²) in [4.78, 5) is 29.4. The number of nitrogens with zero attached hydrogens (tertiary/aromatic N) is 2. The van der Waals surface area contributed by atoms with E-state index in [0.717, 1.165) is 16.7 Å². The highest BCUT2D eigenvalue weighted by Crippen LogP contribution is 2.25. The highest BCUT2D eigenvalue weighted by molar-refractivity contribution is 7.89. The third-order valence-corrected chi connectivity index (χ3v) is 9.49. The molecule has 1 aliphatic heterocycles. The lowest BCUT2D eigenvalue weighted by molar-refractivity contribution is -0.143. The molecule has 0 bridgehead atoms. The van der Waals surface area contributed by atoms with Crippen molar-refractivity contribution in [3.63, 3.8) is 0 Å². The van der Waals surface area contributed by atoms with Gasteiger partial charge in [0, 0.05) is 26.2 Å². The number of carbonyl (C=O) groups is 2. The van der Waals surface area contributed by atoms with Gasteiger partial charge >= 0.3 is 0 Å². The fourth-order valence-corrected chi connectivity index (χ4v) is 6.48. The highest BCUT2D eigenvalue weighted by atomic mass is 32.2. The van der Waals surface area contributed by atoms with Gasteiger partial charge in [-0.05, 0) is 47.9 Å². The third-order valence-electron chi connectivity index (χ3n) is 7.57. The van der Waals surface area contributed by atoms with Gasteiger partial charge in [-0.3, -0.25) is 9.59 Å². The predicted molar refractivity (Wildman–Crippen MR) is 171 cm³/mol. The summed E-state index contributed by atoms with van der Waals surface area (Å²) in [7, 11) is -3.66. The molecule has 1 heterocycles. The van der Waals surface area contributed by atoms with Crippen LogP contribution in [-0.2, 0) is 37.4 Å². The van der Waals surface area contributed by atoms with E-state index in [2.05, 4.69) is 5.32 Å². The van der Waals surface area contributed by atoms with Crippen LogP contribution in [-0.4, -0.2) is 62.3 Å². The smallest absolute Gasteiger partial charge is 0.261 e. The minimum absolute atomic E-state index is 0.142. The van der Waals surface area contributed by atoms with Gasteiger partial charge in [-0.25, -0.2) is 8.42 Å². The van der Waals surface area contributed by atoms with Crippen molar-refractivity contribution in [3.05, 3.63) is 131 Å². The van der Waals surface area contributed by atoms with Crippen molar-refractivity contribution in [2.45, 2.75) is 31.0 Å². The molecule has 1 aliphatic rings. The molecular formula is C35H37N3O6S. The van der Waals surface area contributed by atoms with Crippen molar-refractivity contribution in [1.29, 1.82) is 0 Å². The standard InChI is InChI=1S/C35H37N3O6S/c1-27-12-14-28(15-13-27)24-36-35(40)34(30-10-6-3-7-11-30)38(25-29-8-4-2-5-9-29)33(39)26-44-31-16-18-32(19-17-31)45(41,42)37-20-22-43-23-21-37/h2-19,34H,20-26H2,1H3,(H,36,40)/t34-/m0/s1. The van der Waals surface area contributed by atoms with Gasteiger partial charge in [-0.15, -0.1) is 0 Å². The summed E-state index contributed by atoms with van der Waals surface area (Å²) >= 11 is 0. The molecule has 5 rings (SSSR count). The summed E-state index contributed by atoms with van der Waals surface area (Å²) in [6.45, 7) is 3.46. The zero-order chi connectivity index (χ0) is 31.6. The van der Waals surface area contributed by atoms with Gasteiger partial charge in [0.15, 0.2) is 6.61 Å². The second-order valence-electron chi connectivity index (χ2n) is 10.8. The zero-order valence-electron chi connectivity index (χ0n) is 25.2. The second-order valence-corrected chi connectivity index (χ2v) is 12.7. The maximum Gasteiger partial charge on any atom is 0.261 e. The molecule has 10 heteroatoms. The van der Waals surface area contributed by atoms with Crippen molar-refractivity contribution < 1.29 is 27.5 Å². The van der Waals surface area contributed by atoms with Gasteiger partial charge in [-0.2, -0.15) is 4.31 Å². The number of morpholine rings is 1. The summed E-state index contributed by atoms with van der Waals surface area (Å²) in [6.07, 6.45) is 0. The SMILES string of the molecule is Cc1ccc(CNC(=O)[C@H](c2ccccc2)N(Cc2ccccc2)C(=O)COc2ccc(S(=O)(=O)N3CCOCC3)cc2)cc1. The number of aryl methyl sites for hydroxylation is 1. The molecule has 1 saturated heterocycles. The molecular weight excluding hydrogens is 590 g/mol. The lowest BCUT2D eigenvalue weighted by atomic mass is 10.0. The summed E-state index contributed by atoms with van der Waals surface area (Å²) in [5.41, 5.74) is 3.60. The van der Waals surface area contributed by atoms with E-state index < -0.39 is 22.0 Å². The zero-order valence-corrected chi connectivity index (χ0v) is 26.0. The van der Waals surface area contributed by atoms with E-state index in [9.17, 15) is 18.0 Å². The van der Waals surface area contributed by atoms with Gasteiger partial charge < -0.3 is 19.7 Å². The molecule has 4 aromatic carbocycles.